The number of aryl methyl sites for hydroxylation is 1. The molecule has 0 atom stereocenters. The van der Waals surface area contributed by atoms with Gasteiger partial charge in [-0.1, -0.05) is 31.2 Å². The van der Waals surface area contributed by atoms with Gasteiger partial charge in [-0.25, -0.2) is 0 Å². The van der Waals surface area contributed by atoms with E-state index in [0.717, 1.165) is 45.1 Å². The van der Waals surface area contributed by atoms with Gasteiger partial charge >= 0.3 is 0 Å². The molecule has 0 aliphatic carbocycles. The number of hydrogen-bond acceptors (Lipinski definition) is 3. The Labute approximate surface area is 177 Å². The van der Waals surface area contributed by atoms with Crippen molar-refractivity contribution in [3.63, 3.8) is 0 Å². The van der Waals surface area contributed by atoms with Gasteiger partial charge in [-0.05, 0) is 63.6 Å². The second-order valence-electron chi connectivity index (χ2n) is 8.66. The number of benzene rings is 1. The molecule has 0 unspecified atom stereocenters. The number of nitrogens with zero attached hydrogens (tertiary/aromatic N) is 2. The summed E-state index contributed by atoms with van der Waals surface area (Å²) in [7, 11) is 0. The van der Waals surface area contributed by atoms with Crippen molar-refractivity contribution in [2.45, 2.75) is 64.3 Å². The molecule has 1 aromatic carbocycles. The average molecular weight is 401 g/mol. The number of piperidine rings is 1. The first-order valence-corrected chi connectivity index (χ1v) is 11.6. The van der Waals surface area contributed by atoms with Gasteiger partial charge in [-0.2, -0.15) is 0 Å². The van der Waals surface area contributed by atoms with Crippen LogP contribution in [0.15, 0.2) is 29.3 Å². The van der Waals surface area contributed by atoms with Gasteiger partial charge < -0.3 is 20.3 Å². The van der Waals surface area contributed by atoms with Crippen molar-refractivity contribution < 1.29 is 4.74 Å². The van der Waals surface area contributed by atoms with Crippen molar-refractivity contribution in [2.75, 3.05) is 45.9 Å². The predicted molar refractivity (Wildman–Crippen MR) is 122 cm³/mol. The molecule has 2 aliphatic heterocycles. The zero-order valence-electron chi connectivity index (χ0n) is 18.7. The molecular weight excluding hydrogens is 360 g/mol. The van der Waals surface area contributed by atoms with Gasteiger partial charge in [0.1, 0.15) is 0 Å². The molecule has 5 heteroatoms. The molecule has 0 spiro atoms. The van der Waals surface area contributed by atoms with Gasteiger partial charge in [0.25, 0.3) is 0 Å². The van der Waals surface area contributed by atoms with E-state index < -0.39 is 0 Å². The van der Waals surface area contributed by atoms with Crippen LogP contribution in [0.5, 0.6) is 0 Å². The van der Waals surface area contributed by atoms with Crippen LogP contribution >= 0.6 is 0 Å². The van der Waals surface area contributed by atoms with Gasteiger partial charge in [0.15, 0.2) is 5.96 Å². The number of nitrogens with one attached hydrogen (secondary N) is 2. The quantitative estimate of drug-likeness (QED) is 0.543. The highest BCUT2D eigenvalue weighted by atomic mass is 16.5. The standard InChI is InChI=1S/C24H40N4O/c1-4-14-28-15-10-21(11-16-28)27-23(25-5-2)26-19-24(12-17-29-18-13-24)22-9-7-6-8-20(22)3/h6-9,21H,4-5,10-19H2,1-3H3,(H2,25,26,27). The summed E-state index contributed by atoms with van der Waals surface area (Å²) in [4.78, 5) is 7.68. The SMILES string of the molecule is CCCN1CCC(NC(=NCC2(c3ccccc3C)CCOCC2)NCC)CC1. The van der Waals surface area contributed by atoms with E-state index in [9.17, 15) is 0 Å². The van der Waals surface area contributed by atoms with E-state index in [1.807, 2.05) is 0 Å². The zero-order valence-corrected chi connectivity index (χ0v) is 18.7. The predicted octanol–water partition coefficient (Wildman–Crippen LogP) is 3.47. The molecule has 0 bridgehead atoms. The normalized spacial score (nSPS) is 21.1. The lowest BCUT2D eigenvalue weighted by Gasteiger charge is -2.38. The maximum absolute atomic E-state index is 5.71. The Morgan fingerprint density at radius 3 is 2.55 bits per heavy atom. The Bertz CT molecular complexity index is 646. The van der Waals surface area contributed by atoms with E-state index >= 15 is 0 Å². The Hall–Kier alpha value is -1.59. The summed E-state index contributed by atoms with van der Waals surface area (Å²) in [6.45, 7) is 13.6. The summed E-state index contributed by atoms with van der Waals surface area (Å²) in [6.07, 6.45) is 5.71. The number of aliphatic imine (C=N–C) groups is 1. The van der Waals surface area contributed by atoms with Gasteiger partial charge in [0.05, 0.1) is 6.54 Å². The van der Waals surface area contributed by atoms with Crippen molar-refractivity contribution >= 4 is 5.96 Å². The van der Waals surface area contributed by atoms with Crippen molar-refractivity contribution in [3.05, 3.63) is 35.4 Å². The van der Waals surface area contributed by atoms with Crippen LogP contribution in [0.1, 0.15) is 57.1 Å². The Morgan fingerprint density at radius 1 is 1.17 bits per heavy atom. The molecule has 0 saturated carbocycles. The summed E-state index contributed by atoms with van der Waals surface area (Å²) >= 11 is 0. The summed E-state index contributed by atoms with van der Waals surface area (Å²) < 4.78 is 5.71. The van der Waals surface area contributed by atoms with Crippen LogP contribution in [0.3, 0.4) is 0 Å². The van der Waals surface area contributed by atoms with Crippen LogP contribution in [0.4, 0.5) is 0 Å². The van der Waals surface area contributed by atoms with Crippen LogP contribution < -0.4 is 10.6 Å². The minimum atomic E-state index is 0.0798. The molecule has 2 N–H and O–H groups in total. The molecular formula is C24H40N4O. The first kappa shape index (κ1) is 22.1. The maximum Gasteiger partial charge on any atom is 0.191 e. The van der Waals surface area contributed by atoms with Gasteiger partial charge in [0, 0.05) is 44.3 Å². The van der Waals surface area contributed by atoms with E-state index in [2.05, 4.69) is 60.6 Å². The first-order valence-electron chi connectivity index (χ1n) is 11.6. The van der Waals surface area contributed by atoms with Gasteiger partial charge in [0.2, 0.25) is 0 Å². The van der Waals surface area contributed by atoms with Crippen molar-refractivity contribution in [1.82, 2.24) is 15.5 Å². The summed E-state index contributed by atoms with van der Waals surface area (Å²) in [6, 6.07) is 9.33. The Balaban J connectivity index is 1.69. The number of hydrogen-bond donors (Lipinski definition) is 2. The lowest BCUT2D eigenvalue weighted by Crippen LogP contribution is -2.49. The fourth-order valence-electron chi connectivity index (χ4n) is 4.80. The largest absolute Gasteiger partial charge is 0.381 e. The highest BCUT2D eigenvalue weighted by molar-refractivity contribution is 5.80. The zero-order chi connectivity index (χ0) is 20.5. The third-order valence-corrected chi connectivity index (χ3v) is 6.52. The number of rotatable bonds is 7. The highest BCUT2D eigenvalue weighted by Gasteiger charge is 2.35. The third kappa shape index (κ3) is 5.95. The second-order valence-corrected chi connectivity index (χ2v) is 8.66. The summed E-state index contributed by atoms with van der Waals surface area (Å²) in [5.41, 5.74) is 2.89. The van der Waals surface area contributed by atoms with Crippen LogP contribution in [-0.2, 0) is 10.2 Å². The monoisotopic (exact) mass is 400 g/mol. The molecule has 2 saturated heterocycles. The van der Waals surface area contributed by atoms with Crippen molar-refractivity contribution in [1.29, 1.82) is 0 Å². The summed E-state index contributed by atoms with van der Waals surface area (Å²) in [5.74, 6) is 0.973. The first-order chi connectivity index (χ1) is 14.2. The second kappa shape index (κ2) is 11.0. The number of ether oxygens (including phenoxy) is 1. The minimum absolute atomic E-state index is 0.0798. The van der Waals surface area contributed by atoms with E-state index in [-0.39, 0.29) is 5.41 Å². The lowest BCUT2D eigenvalue weighted by atomic mass is 9.72. The molecule has 0 radical (unpaired) electrons. The molecule has 2 fully saturated rings. The smallest absolute Gasteiger partial charge is 0.191 e. The minimum Gasteiger partial charge on any atom is -0.381 e. The highest BCUT2D eigenvalue weighted by Crippen LogP contribution is 2.37. The number of likely N-dealkylation sites (tertiary alicyclic amines) is 1. The third-order valence-electron chi connectivity index (χ3n) is 6.52. The maximum atomic E-state index is 5.71. The van der Waals surface area contributed by atoms with Crippen molar-refractivity contribution in [3.8, 4) is 0 Å². The molecule has 2 aliphatic rings. The van der Waals surface area contributed by atoms with E-state index in [1.165, 1.54) is 50.0 Å². The topological polar surface area (TPSA) is 48.9 Å². The van der Waals surface area contributed by atoms with E-state index in [4.69, 9.17) is 9.73 Å². The molecule has 29 heavy (non-hydrogen) atoms. The fraction of sp³-hybridized carbons (Fsp3) is 0.708. The van der Waals surface area contributed by atoms with Gasteiger partial charge in [-0.15, -0.1) is 0 Å². The molecule has 0 aromatic heterocycles. The van der Waals surface area contributed by atoms with Crippen LogP contribution in [0.25, 0.3) is 0 Å². The molecule has 0 amide bonds. The average Bonchev–Trinajstić information content (AvgIpc) is 2.75. The van der Waals surface area contributed by atoms with Gasteiger partial charge in [-0.3, -0.25) is 4.99 Å². The Morgan fingerprint density at radius 2 is 1.90 bits per heavy atom. The van der Waals surface area contributed by atoms with Crippen LogP contribution in [-0.4, -0.2) is 62.8 Å². The van der Waals surface area contributed by atoms with Crippen LogP contribution in [0.2, 0.25) is 0 Å². The number of guanidine groups is 1. The van der Waals surface area contributed by atoms with Crippen molar-refractivity contribution in [2.24, 2.45) is 4.99 Å². The summed E-state index contributed by atoms with van der Waals surface area (Å²) in [5, 5.41) is 7.21. The lowest BCUT2D eigenvalue weighted by molar-refractivity contribution is 0.0529. The fourth-order valence-corrected chi connectivity index (χ4v) is 4.80. The Kier molecular flexibility index (Phi) is 8.37. The molecule has 1 aromatic rings. The van der Waals surface area contributed by atoms with Crippen LogP contribution in [0, 0.1) is 6.92 Å². The van der Waals surface area contributed by atoms with E-state index in [1.54, 1.807) is 0 Å². The molecule has 5 nitrogen and oxygen atoms in total. The molecule has 2 heterocycles. The molecule has 3 rings (SSSR count). The molecule has 162 valence electrons. The van der Waals surface area contributed by atoms with E-state index in [0.29, 0.717) is 6.04 Å².